The van der Waals surface area contributed by atoms with Crippen LogP contribution in [0, 0.1) is 17.8 Å². The molecule has 0 heterocycles. The maximum atomic E-state index is 11.1. The van der Waals surface area contributed by atoms with E-state index in [-0.39, 0.29) is 5.97 Å². The molecule has 2 heteroatoms. The molecule has 0 spiro atoms. The van der Waals surface area contributed by atoms with Crippen LogP contribution in [0.3, 0.4) is 0 Å². The molecule has 2 saturated carbocycles. The van der Waals surface area contributed by atoms with Gasteiger partial charge >= 0.3 is 5.97 Å². The number of carbonyl (C=O) groups excluding carboxylic acids is 1. The number of ether oxygens (including phenoxy) is 1. The first-order valence-electron chi connectivity index (χ1n) is 4.98. The average molecular weight is 168 g/mol. The third-order valence-electron chi connectivity index (χ3n) is 3.29. The molecule has 0 aromatic rings. The Morgan fingerprint density at radius 2 is 2.08 bits per heavy atom. The molecule has 68 valence electrons. The molecule has 0 radical (unpaired) electrons. The van der Waals surface area contributed by atoms with Gasteiger partial charge in [0.25, 0.3) is 0 Å². The van der Waals surface area contributed by atoms with E-state index >= 15 is 0 Å². The summed E-state index contributed by atoms with van der Waals surface area (Å²) < 4.78 is 4.92. The third kappa shape index (κ3) is 1.35. The Labute approximate surface area is 73.3 Å². The molecule has 0 bridgehead atoms. The molecule has 2 fully saturated rings. The van der Waals surface area contributed by atoms with E-state index in [9.17, 15) is 4.79 Å². The third-order valence-corrected chi connectivity index (χ3v) is 3.29. The molecular weight excluding hydrogens is 152 g/mol. The van der Waals surface area contributed by atoms with Crippen molar-refractivity contribution in [3.05, 3.63) is 0 Å². The maximum Gasteiger partial charge on any atom is 0.306 e. The van der Waals surface area contributed by atoms with Crippen molar-refractivity contribution < 1.29 is 9.53 Å². The fourth-order valence-corrected chi connectivity index (χ4v) is 2.69. The van der Waals surface area contributed by atoms with Crippen LogP contribution in [0.5, 0.6) is 0 Å². The van der Waals surface area contributed by atoms with Gasteiger partial charge in [-0.3, -0.25) is 4.79 Å². The zero-order valence-corrected chi connectivity index (χ0v) is 7.58. The predicted octanol–water partition coefficient (Wildman–Crippen LogP) is 1.99. The number of carbonyl (C=O) groups is 1. The highest BCUT2D eigenvalue weighted by atomic mass is 16.5. The lowest BCUT2D eigenvalue weighted by Crippen LogP contribution is -2.06. The summed E-state index contributed by atoms with van der Waals surface area (Å²) in [4.78, 5) is 11.1. The van der Waals surface area contributed by atoms with E-state index in [0.717, 1.165) is 11.8 Å². The smallest absolute Gasteiger partial charge is 0.306 e. The van der Waals surface area contributed by atoms with Gasteiger partial charge in [0.05, 0.1) is 6.61 Å². The second kappa shape index (κ2) is 3.08. The fourth-order valence-electron chi connectivity index (χ4n) is 2.69. The topological polar surface area (TPSA) is 26.3 Å². The zero-order valence-electron chi connectivity index (χ0n) is 7.58. The van der Waals surface area contributed by atoms with E-state index in [0.29, 0.717) is 18.9 Å². The van der Waals surface area contributed by atoms with Gasteiger partial charge in [0.2, 0.25) is 0 Å². The molecule has 2 nitrogen and oxygen atoms in total. The summed E-state index contributed by atoms with van der Waals surface area (Å²) in [7, 11) is 0. The van der Waals surface area contributed by atoms with Crippen molar-refractivity contribution in [1.82, 2.24) is 0 Å². The van der Waals surface area contributed by atoms with Crippen LogP contribution in [0.1, 0.15) is 32.6 Å². The summed E-state index contributed by atoms with van der Waals surface area (Å²) >= 11 is 0. The van der Waals surface area contributed by atoms with Crippen LogP contribution >= 0.6 is 0 Å². The van der Waals surface area contributed by atoms with Crippen molar-refractivity contribution in [2.75, 3.05) is 6.61 Å². The zero-order chi connectivity index (χ0) is 8.55. The Kier molecular flexibility index (Phi) is 2.07. The van der Waals surface area contributed by atoms with Gasteiger partial charge in [0.15, 0.2) is 0 Å². The maximum absolute atomic E-state index is 11.1. The lowest BCUT2D eigenvalue weighted by Gasteiger charge is -2.02. The summed E-state index contributed by atoms with van der Waals surface area (Å²) in [5.74, 6) is 2.47. The quantitative estimate of drug-likeness (QED) is 0.602. The monoisotopic (exact) mass is 168 g/mol. The van der Waals surface area contributed by atoms with Gasteiger partial charge in [0.1, 0.15) is 0 Å². The molecule has 0 aliphatic heterocycles. The van der Waals surface area contributed by atoms with E-state index in [1.807, 2.05) is 6.92 Å². The van der Waals surface area contributed by atoms with E-state index in [2.05, 4.69) is 0 Å². The average Bonchev–Trinajstić information content (AvgIpc) is 2.51. The van der Waals surface area contributed by atoms with Crippen molar-refractivity contribution in [1.29, 1.82) is 0 Å². The summed E-state index contributed by atoms with van der Waals surface area (Å²) in [5, 5.41) is 0. The second-order valence-electron chi connectivity index (χ2n) is 3.93. The molecule has 2 aliphatic carbocycles. The molecule has 0 amide bonds. The number of esters is 1. The van der Waals surface area contributed by atoms with Gasteiger partial charge in [-0.15, -0.1) is 0 Å². The van der Waals surface area contributed by atoms with E-state index < -0.39 is 0 Å². The Morgan fingerprint density at radius 3 is 2.67 bits per heavy atom. The summed E-state index contributed by atoms with van der Waals surface area (Å²) in [6, 6.07) is 0. The van der Waals surface area contributed by atoms with Gasteiger partial charge in [-0.1, -0.05) is 6.42 Å². The molecule has 2 aliphatic rings. The number of hydrogen-bond donors (Lipinski definition) is 0. The molecule has 2 unspecified atom stereocenters. The lowest BCUT2D eigenvalue weighted by atomic mass is 10.1. The summed E-state index contributed by atoms with van der Waals surface area (Å²) in [6.45, 7) is 2.40. The Balaban J connectivity index is 1.72. The van der Waals surface area contributed by atoms with Crippen molar-refractivity contribution in [3.63, 3.8) is 0 Å². The van der Waals surface area contributed by atoms with Crippen LogP contribution in [0.25, 0.3) is 0 Å². The van der Waals surface area contributed by atoms with Crippen molar-refractivity contribution in [2.45, 2.75) is 32.6 Å². The first-order valence-corrected chi connectivity index (χ1v) is 4.98. The Bertz CT molecular complexity index is 178. The molecule has 12 heavy (non-hydrogen) atoms. The lowest BCUT2D eigenvalue weighted by molar-refractivity contribution is -0.143. The Hall–Kier alpha value is -0.530. The van der Waals surface area contributed by atoms with Gasteiger partial charge in [-0.25, -0.2) is 0 Å². The van der Waals surface area contributed by atoms with E-state index in [4.69, 9.17) is 4.74 Å². The highest BCUT2D eigenvalue weighted by molar-refractivity contribution is 5.70. The van der Waals surface area contributed by atoms with Crippen LogP contribution in [0.15, 0.2) is 0 Å². The summed E-state index contributed by atoms with van der Waals surface area (Å²) in [5.41, 5.74) is 0. The first-order chi connectivity index (χ1) is 5.83. The van der Waals surface area contributed by atoms with Gasteiger partial charge < -0.3 is 4.74 Å². The molecule has 0 aromatic heterocycles. The minimum atomic E-state index is 0.0110. The van der Waals surface area contributed by atoms with Crippen LogP contribution < -0.4 is 0 Å². The molecule has 2 rings (SSSR count). The molecule has 0 N–H and O–H groups in total. The molecule has 0 aromatic carbocycles. The summed E-state index contributed by atoms with van der Waals surface area (Å²) in [6.07, 6.45) is 4.78. The minimum Gasteiger partial charge on any atom is -0.466 e. The molecule has 2 atom stereocenters. The molecule has 0 saturated heterocycles. The van der Waals surface area contributed by atoms with Crippen LogP contribution in [-0.4, -0.2) is 12.6 Å². The van der Waals surface area contributed by atoms with Crippen molar-refractivity contribution in [3.8, 4) is 0 Å². The predicted molar refractivity (Wildman–Crippen MR) is 45.6 cm³/mol. The van der Waals surface area contributed by atoms with Crippen LogP contribution in [0.4, 0.5) is 0 Å². The van der Waals surface area contributed by atoms with Crippen molar-refractivity contribution in [2.24, 2.45) is 17.8 Å². The van der Waals surface area contributed by atoms with Crippen LogP contribution in [0.2, 0.25) is 0 Å². The second-order valence-corrected chi connectivity index (χ2v) is 3.93. The van der Waals surface area contributed by atoms with Gasteiger partial charge in [-0.05, 0) is 37.5 Å². The first kappa shape index (κ1) is 8.09. The normalized spacial score (nSPS) is 37.6. The number of rotatable bonds is 3. The number of fused-ring (bicyclic) bond motifs is 1. The largest absolute Gasteiger partial charge is 0.466 e. The molecular formula is C10H16O2. The minimum absolute atomic E-state index is 0.0110. The highest BCUT2D eigenvalue weighted by Gasteiger charge is 2.52. The number of hydrogen-bond acceptors (Lipinski definition) is 2. The Morgan fingerprint density at radius 1 is 1.42 bits per heavy atom. The van der Waals surface area contributed by atoms with E-state index in [1.165, 1.54) is 19.3 Å². The SMILES string of the molecule is CCOC(=O)CC1C2CCCC21. The van der Waals surface area contributed by atoms with Crippen molar-refractivity contribution >= 4 is 5.97 Å². The van der Waals surface area contributed by atoms with Gasteiger partial charge in [0, 0.05) is 6.42 Å². The fraction of sp³-hybridized carbons (Fsp3) is 0.900. The van der Waals surface area contributed by atoms with Gasteiger partial charge in [-0.2, -0.15) is 0 Å². The highest BCUT2D eigenvalue weighted by Crippen LogP contribution is 2.59. The standard InChI is InChI=1S/C10H16O2/c1-2-12-10(11)6-9-7-4-3-5-8(7)9/h7-9H,2-6H2,1H3. The van der Waals surface area contributed by atoms with Crippen LogP contribution in [-0.2, 0) is 9.53 Å². The van der Waals surface area contributed by atoms with E-state index in [1.54, 1.807) is 0 Å².